The minimum atomic E-state index is -0.562. The van der Waals surface area contributed by atoms with E-state index in [0.717, 1.165) is 25.9 Å². The van der Waals surface area contributed by atoms with Gasteiger partial charge in [-0.2, -0.15) is 0 Å². The molecule has 1 aromatic heterocycles. The molecule has 2 aromatic carbocycles. The zero-order valence-corrected chi connectivity index (χ0v) is 18.6. The van der Waals surface area contributed by atoms with E-state index in [-0.39, 0.29) is 23.7 Å². The molecule has 1 saturated heterocycles. The predicted molar refractivity (Wildman–Crippen MR) is 126 cm³/mol. The maximum absolute atomic E-state index is 14.2. The number of anilines is 1. The van der Waals surface area contributed by atoms with E-state index in [4.69, 9.17) is 17.3 Å². The van der Waals surface area contributed by atoms with Crippen LogP contribution < -0.4 is 16.6 Å². The number of benzene rings is 2. The first-order valence-electron chi connectivity index (χ1n) is 10.4. The Morgan fingerprint density at radius 1 is 1.03 bits per heavy atom. The number of carbonyl (C=O) groups is 2. The standard InChI is InChI=1S/C17H18FN3O2.C7H6ClNO/c18-14-11-13(21-10-2-1-5-17(21)23)6-7-15(14)19-16(22)12-20-8-3-4-9-20;8-6-3-1-5(2-4-6)7(9)10/h1-2,5-7,10-11H,3-4,8-9,12H2,(H,19,22);1-4H,(H2,9,10). The number of rotatable bonds is 5. The molecule has 0 radical (unpaired) electrons. The third-order valence-corrected chi connectivity index (χ3v) is 5.27. The van der Waals surface area contributed by atoms with Crippen molar-refractivity contribution < 1.29 is 14.0 Å². The van der Waals surface area contributed by atoms with Crippen LogP contribution in [-0.2, 0) is 4.79 Å². The molecule has 0 saturated carbocycles. The Kier molecular flexibility index (Phi) is 8.34. The average molecular weight is 471 g/mol. The molecule has 7 nitrogen and oxygen atoms in total. The number of nitrogens with one attached hydrogen (secondary N) is 1. The van der Waals surface area contributed by atoms with E-state index in [1.54, 1.807) is 48.7 Å². The Hall–Kier alpha value is -3.49. The third-order valence-electron chi connectivity index (χ3n) is 5.02. The fourth-order valence-corrected chi connectivity index (χ4v) is 3.47. The molecule has 1 aliphatic heterocycles. The third kappa shape index (κ3) is 7.00. The van der Waals surface area contributed by atoms with Crippen LogP contribution in [0.4, 0.5) is 10.1 Å². The normalized spacial score (nSPS) is 13.2. The lowest BCUT2D eigenvalue weighted by molar-refractivity contribution is -0.117. The predicted octanol–water partition coefficient (Wildman–Crippen LogP) is 3.45. The van der Waals surface area contributed by atoms with Gasteiger partial charge in [-0.05, 0) is 68.4 Å². The van der Waals surface area contributed by atoms with E-state index in [0.29, 0.717) is 16.3 Å². The van der Waals surface area contributed by atoms with Crippen LogP contribution in [0.2, 0.25) is 5.02 Å². The zero-order valence-electron chi connectivity index (χ0n) is 17.8. The first-order chi connectivity index (χ1) is 15.8. The van der Waals surface area contributed by atoms with Gasteiger partial charge >= 0.3 is 0 Å². The zero-order chi connectivity index (χ0) is 23.8. The molecule has 3 aromatic rings. The summed E-state index contributed by atoms with van der Waals surface area (Å²) in [5, 5.41) is 3.19. The summed E-state index contributed by atoms with van der Waals surface area (Å²) in [7, 11) is 0. The number of pyridine rings is 1. The SMILES string of the molecule is NC(=O)c1ccc(Cl)cc1.O=C(CN1CCCC1)Nc1ccc(-n2ccccc2=O)cc1F. The van der Waals surface area contributed by atoms with Crippen LogP contribution in [0, 0.1) is 5.82 Å². The van der Waals surface area contributed by atoms with E-state index in [2.05, 4.69) is 5.32 Å². The molecule has 1 aliphatic rings. The van der Waals surface area contributed by atoms with Crippen molar-refractivity contribution in [2.75, 3.05) is 25.0 Å². The number of hydrogen-bond donors (Lipinski definition) is 2. The van der Waals surface area contributed by atoms with Crippen molar-refractivity contribution >= 4 is 29.1 Å². The van der Waals surface area contributed by atoms with Crippen molar-refractivity contribution in [3.05, 3.63) is 93.6 Å². The summed E-state index contributed by atoms with van der Waals surface area (Å²) in [6.07, 6.45) is 3.77. The number of likely N-dealkylation sites (tertiary alicyclic amines) is 1. The number of primary amides is 1. The molecule has 0 aliphatic carbocycles. The minimum absolute atomic E-state index is 0.127. The Morgan fingerprint density at radius 3 is 2.33 bits per heavy atom. The van der Waals surface area contributed by atoms with Crippen molar-refractivity contribution in [1.82, 2.24) is 9.47 Å². The molecule has 0 spiro atoms. The van der Waals surface area contributed by atoms with E-state index in [1.165, 1.54) is 22.8 Å². The van der Waals surface area contributed by atoms with E-state index in [9.17, 15) is 18.8 Å². The maximum atomic E-state index is 14.2. The average Bonchev–Trinajstić information content (AvgIpc) is 3.29. The Balaban J connectivity index is 0.000000257. The molecule has 0 atom stereocenters. The largest absolute Gasteiger partial charge is 0.366 e. The van der Waals surface area contributed by atoms with E-state index >= 15 is 0 Å². The number of amides is 2. The van der Waals surface area contributed by atoms with E-state index < -0.39 is 11.7 Å². The van der Waals surface area contributed by atoms with Crippen molar-refractivity contribution in [2.45, 2.75) is 12.8 Å². The second kappa shape index (κ2) is 11.4. The van der Waals surface area contributed by atoms with Gasteiger partial charge in [-0.1, -0.05) is 17.7 Å². The molecule has 0 unspecified atom stereocenters. The number of nitrogens with zero attached hydrogens (tertiary/aromatic N) is 2. The highest BCUT2D eigenvalue weighted by atomic mass is 35.5. The highest BCUT2D eigenvalue weighted by Crippen LogP contribution is 2.18. The quantitative estimate of drug-likeness (QED) is 0.596. The highest BCUT2D eigenvalue weighted by molar-refractivity contribution is 6.30. The second-order valence-corrected chi connectivity index (χ2v) is 7.91. The second-order valence-electron chi connectivity index (χ2n) is 7.48. The fourth-order valence-electron chi connectivity index (χ4n) is 3.34. The summed E-state index contributed by atoms with van der Waals surface area (Å²) < 4.78 is 15.5. The van der Waals surface area contributed by atoms with Gasteiger partial charge in [0, 0.05) is 28.9 Å². The molecule has 9 heteroatoms. The molecule has 3 N–H and O–H groups in total. The van der Waals surface area contributed by atoms with Crippen LogP contribution in [0.1, 0.15) is 23.2 Å². The van der Waals surface area contributed by atoms with Gasteiger partial charge < -0.3 is 11.1 Å². The first-order valence-corrected chi connectivity index (χ1v) is 10.8. The minimum Gasteiger partial charge on any atom is -0.366 e. The molecule has 1 fully saturated rings. The number of nitrogens with two attached hydrogens (primary N) is 1. The van der Waals surface area contributed by atoms with Crippen LogP contribution in [0.3, 0.4) is 0 Å². The molecule has 172 valence electrons. The van der Waals surface area contributed by atoms with Crippen LogP contribution >= 0.6 is 11.6 Å². The molecule has 2 heterocycles. The monoisotopic (exact) mass is 470 g/mol. The van der Waals surface area contributed by atoms with Gasteiger partial charge in [0.05, 0.1) is 17.9 Å². The number of halogens is 2. The summed E-state index contributed by atoms with van der Waals surface area (Å²) in [5.74, 6) is -1.22. The lowest BCUT2D eigenvalue weighted by Crippen LogP contribution is -2.31. The maximum Gasteiger partial charge on any atom is 0.255 e. The number of aromatic nitrogens is 1. The summed E-state index contributed by atoms with van der Waals surface area (Å²) in [4.78, 5) is 36.2. The molecule has 2 amide bonds. The molecular formula is C24H24ClFN4O3. The lowest BCUT2D eigenvalue weighted by Gasteiger charge is -2.14. The van der Waals surface area contributed by atoms with Gasteiger partial charge in [0.15, 0.2) is 0 Å². The summed E-state index contributed by atoms with van der Waals surface area (Å²) in [6, 6.07) is 15.5. The number of hydrogen-bond acceptors (Lipinski definition) is 4. The fraction of sp³-hybridized carbons (Fsp3) is 0.208. The Morgan fingerprint density at radius 2 is 1.73 bits per heavy atom. The summed E-state index contributed by atoms with van der Waals surface area (Å²) in [5.41, 5.74) is 5.77. The van der Waals surface area contributed by atoms with Gasteiger partial charge in [-0.25, -0.2) is 4.39 Å². The smallest absolute Gasteiger partial charge is 0.255 e. The van der Waals surface area contributed by atoms with Crippen molar-refractivity contribution in [2.24, 2.45) is 5.73 Å². The Labute approximate surface area is 195 Å². The summed E-state index contributed by atoms with van der Waals surface area (Å²) in [6.45, 7) is 2.09. The van der Waals surface area contributed by atoms with Crippen molar-refractivity contribution in [3.63, 3.8) is 0 Å². The lowest BCUT2D eigenvalue weighted by atomic mass is 10.2. The van der Waals surface area contributed by atoms with Gasteiger partial charge in [-0.15, -0.1) is 0 Å². The summed E-state index contributed by atoms with van der Waals surface area (Å²) >= 11 is 5.56. The van der Waals surface area contributed by atoms with Crippen molar-refractivity contribution in [1.29, 1.82) is 0 Å². The molecular weight excluding hydrogens is 447 g/mol. The van der Waals surface area contributed by atoms with Crippen LogP contribution in [0.5, 0.6) is 0 Å². The van der Waals surface area contributed by atoms with Crippen LogP contribution in [0.15, 0.2) is 71.7 Å². The Bertz CT molecular complexity index is 1170. The van der Waals surface area contributed by atoms with Crippen molar-refractivity contribution in [3.8, 4) is 5.69 Å². The van der Waals surface area contributed by atoms with Gasteiger partial charge in [-0.3, -0.25) is 23.9 Å². The first kappa shape index (κ1) is 24.2. The van der Waals surface area contributed by atoms with E-state index in [1.807, 2.05) is 4.90 Å². The molecule has 4 rings (SSSR count). The molecule has 33 heavy (non-hydrogen) atoms. The van der Waals surface area contributed by atoms with Crippen LogP contribution in [-0.4, -0.2) is 40.9 Å². The van der Waals surface area contributed by atoms with Gasteiger partial charge in [0.1, 0.15) is 5.82 Å². The van der Waals surface area contributed by atoms with Gasteiger partial charge in [0.2, 0.25) is 11.8 Å². The van der Waals surface area contributed by atoms with Gasteiger partial charge in [0.25, 0.3) is 5.56 Å². The molecule has 0 bridgehead atoms. The number of carbonyl (C=O) groups excluding carboxylic acids is 2. The topological polar surface area (TPSA) is 97.4 Å². The highest BCUT2D eigenvalue weighted by Gasteiger charge is 2.16. The van der Waals surface area contributed by atoms with Crippen LogP contribution in [0.25, 0.3) is 5.69 Å².